The zero-order valence-corrected chi connectivity index (χ0v) is 23.6. The molecular weight excluding hydrogens is 544 g/mol. The molecule has 0 spiro atoms. The number of rotatable bonds is 11. The van der Waals surface area contributed by atoms with Crippen LogP contribution in [-0.2, 0) is 7.05 Å². The van der Waals surface area contributed by atoms with Gasteiger partial charge in [0.05, 0.1) is 42.4 Å². The maximum absolute atomic E-state index is 13.1. The van der Waals surface area contributed by atoms with Gasteiger partial charge < -0.3 is 29.6 Å². The van der Waals surface area contributed by atoms with E-state index in [1.807, 2.05) is 0 Å². The highest BCUT2D eigenvalue weighted by Gasteiger charge is 2.34. The summed E-state index contributed by atoms with van der Waals surface area (Å²) < 4.78 is 13.1. The molecule has 1 unspecified atom stereocenters. The van der Waals surface area contributed by atoms with Crippen LogP contribution in [0.15, 0.2) is 59.2 Å². The van der Waals surface area contributed by atoms with Crippen molar-refractivity contribution in [3.05, 3.63) is 71.2 Å². The Hall–Kier alpha value is -4.71. The number of hydrogen-bond acceptors (Lipinski definition) is 9. The smallest absolute Gasteiger partial charge is 0.275 e. The first-order chi connectivity index (χ1) is 19.7. The van der Waals surface area contributed by atoms with Crippen LogP contribution in [0.5, 0.6) is 11.5 Å². The Morgan fingerprint density at radius 3 is 2.85 bits per heavy atom. The molecule has 2 aliphatic heterocycles. The van der Waals surface area contributed by atoms with E-state index in [0.29, 0.717) is 71.7 Å². The minimum absolute atomic E-state index is 0.0833. The fraction of sp³-hybridized carbons (Fsp3) is 0.276. The van der Waals surface area contributed by atoms with Crippen molar-refractivity contribution >= 4 is 52.2 Å². The average Bonchev–Trinajstić information content (AvgIpc) is 3.65. The number of nitrogens with zero attached hydrogens (tertiary/aromatic N) is 4. The van der Waals surface area contributed by atoms with Crippen LogP contribution in [0.25, 0.3) is 0 Å². The molecule has 0 bridgehead atoms. The van der Waals surface area contributed by atoms with Crippen molar-refractivity contribution in [1.29, 1.82) is 0 Å². The minimum atomic E-state index is -0.372. The lowest BCUT2D eigenvalue weighted by Crippen LogP contribution is -2.35. The van der Waals surface area contributed by atoms with E-state index in [4.69, 9.17) is 9.47 Å². The van der Waals surface area contributed by atoms with E-state index < -0.39 is 0 Å². The van der Waals surface area contributed by atoms with Crippen LogP contribution in [0, 0.1) is 0 Å². The van der Waals surface area contributed by atoms with E-state index in [1.54, 1.807) is 52.5 Å². The summed E-state index contributed by atoms with van der Waals surface area (Å²) in [5.41, 5.74) is 4.00. The molecule has 4 heterocycles. The van der Waals surface area contributed by atoms with Crippen molar-refractivity contribution < 1.29 is 23.9 Å². The van der Waals surface area contributed by atoms with Gasteiger partial charge in [-0.25, -0.2) is 4.98 Å². The van der Waals surface area contributed by atoms with Gasteiger partial charge >= 0.3 is 0 Å². The van der Waals surface area contributed by atoms with Crippen LogP contribution in [0.1, 0.15) is 50.6 Å². The Kier molecular flexibility index (Phi) is 8.02. The summed E-state index contributed by atoms with van der Waals surface area (Å²) in [5.74, 6) is 0.508. The number of benzene rings is 1. The maximum atomic E-state index is 13.1. The van der Waals surface area contributed by atoms with Crippen molar-refractivity contribution in [3.8, 4) is 11.5 Å². The van der Waals surface area contributed by atoms with Gasteiger partial charge in [0, 0.05) is 43.1 Å². The zero-order chi connectivity index (χ0) is 29.1. The molecule has 0 radical (unpaired) electrons. The first kappa shape index (κ1) is 27.8. The van der Waals surface area contributed by atoms with Crippen LogP contribution in [-0.4, -0.2) is 65.1 Å². The molecule has 12 heteroatoms. The van der Waals surface area contributed by atoms with E-state index in [0.717, 1.165) is 17.6 Å². The predicted molar refractivity (Wildman–Crippen MR) is 158 cm³/mol. The summed E-state index contributed by atoms with van der Waals surface area (Å²) >= 11 is 1.29. The van der Waals surface area contributed by atoms with E-state index >= 15 is 0 Å². The van der Waals surface area contributed by atoms with E-state index in [9.17, 15) is 14.4 Å². The molecule has 2 amide bonds. The normalized spacial score (nSPS) is 15.7. The topological polar surface area (TPSA) is 127 Å². The summed E-state index contributed by atoms with van der Waals surface area (Å²) in [6.07, 6.45) is 6.15. The Bertz CT molecular complexity index is 1570. The number of aldehydes is 1. The highest BCUT2D eigenvalue weighted by Crippen LogP contribution is 2.38. The van der Waals surface area contributed by atoms with Gasteiger partial charge in [0.15, 0.2) is 22.9 Å². The molecule has 2 N–H and O–H groups in total. The number of anilines is 2. The van der Waals surface area contributed by atoms with Gasteiger partial charge in [-0.15, -0.1) is 11.3 Å². The SMILES string of the molecule is C=C1CC2C=Nc3cc(OCCCC(=C)Nc4nc(C(=O)Nc5cc(C=O)n(C)c5)cs4)c(OC)cc3C(=O)N2C1. The Morgan fingerprint density at radius 2 is 2.10 bits per heavy atom. The quantitative estimate of drug-likeness (QED) is 0.191. The maximum Gasteiger partial charge on any atom is 0.275 e. The number of carbonyl (C=O) groups is 3. The third kappa shape index (κ3) is 6.07. The molecule has 11 nitrogen and oxygen atoms in total. The number of thiazole rings is 1. The second-order valence-electron chi connectivity index (χ2n) is 9.81. The number of fused-ring (bicyclic) bond motifs is 2. The molecule has 1 fully saturated rings. The lowest BCUT2D eigenvalue weighted by atomic mass is 10.1. The number of allylic oxidation sites excluding steroid dienone is 1. The molecule has 3 aromatic rings. The van der Waals surface area contributed by atoms with Crippen LogP contribution in [0.2, 0.25) is 0 Å². The van der Waals surface area contributed by atoms with Crippen LogP contribution in [0.3, 0.4) is 0 Å². The monoisotopic (exact) mass is 574 g/mol. The third-order valence-electron chi connectivity index (χ3n) is 6.77. The molecule has 1 atom stereocenters. The number of hydrogen-bond donors (Lipinski definition) is 2. The predicted octanol–water partition coefficient (Wildman–Crippen LogP) is 4.83. The van der Waals surface area contributed by atoms with Gasteiger partial charge in [0.1, 0.15) is 5.69 Å². The van der Waals surface area contributed by atoms with E-state index in [-0.39, 0.29) is 23.6 Å². The van der Waals surface area contributed by atoms with Crippen molar-refractivity contribution in [2.24, 2.45) is 12.0 Å². The van der Waals surface area contributed by atoms with Gasteiger partial charge in [-0.3, -0.25) is 19.4 Å². The Labute approximate surface area is 241 Å². The second-order valence-corrected chi connectivity index (χ2v) is 10.7. The molecule has 212 valence electrons. The summed E-state index contributed by atoms with van der Waals surface area (Å²) in [7, 11) is 3.26. The molecule has 0 aliphatic carbocycles. The molecule has 0 saturated carbocycles. The Balaban J connectivity index is 1.13. The first-order valence-electron chi connectivity index (χ1n) is 13.0. The van der Waals surface area contributed by atoms with Crippen molar-refractivity contribution in [3.63, 3.8) is 0 Å². The number of aryl methyl sites for hydroxylation is 1. The highest BCUT2D eigenvalue weighted by atomic mass is 32.1. The van der Waals surface area contributed by atoms with Crippen LogP contribution >= 0.6 is 11.3 Å². The first-order valence-corrected chi connectivity index (χ1v) is 13.8. The van der Waals surface area contributed by atoms with Gasteiger partial charge in [-0.05, 0) is 31.4 Å². The number of ether oxygens (including phenoxy) is 2. The number of aliphatic imine (C=N–C) groups is 1. The number of aromatic nitrogens is 2. The van der Waals surface area contributed by atoms with Crippen LogP contribution < -0.4 is 20.1 Å². The number of methoxy groups -OCH3 is 1. The van der Waals surface area contributed by atoms with Gasteiger partial charge in [-0.2, -0.15) is 0 Å². The third-order valence-corrected chi connectivity index (χ3v) is 7.53. The molecule has 1 saturated heterocycles. The number of nitrogens with one attached hydrogen (secondary N) is 2. The zero-order valence-electron chi connectivity index (χ0n) is 22.8. The molecule has 2 aliphatic rings. The van der Waals surface area contributed by atoms with E-state index in [1.165, 1.54) is 18.4 Å². The van der Waals surface area contributed by atoms with E-state index in [2.05, 4.69) is 33.8 Å². The fourth-order valence-corrected chi connectivity index (χ4v) is 5.42. The minimum Gasteiger partial charge on any atom is -0.493 e. The summed E-state index contributed by atoms with van der Waals surface area (Å²) in [5, 5.41) is 8.07. The highest BCUT2D eigenvalue weighted by molar-refractivity contribution is 7.14. The Morgan fingerprint density at radius 1 is 1.27 bits per heavy atom. The van der Waals surface area contributed by atoms with Gasteiger partial charge in [0.2, 0.25) is 0 Å². The largest absolute Gasteiger partial charge is 0.493 e. The van der Waals surface area contributed by atoms with Crippen molar-refractivity contribution in [2.45, 2.75) is 25.3 Å². The number of carbonyl (C=O) groups excluding carboxylic acids is 3. The number of amides is 2. The molecular formula is C29H30N6O5S. The lowest BCUT2D eigenvalue weighted by molar-refractivity contribution is 0.0777. The molecule has 5 rings (SSSR count). The molecule has 1 aromatic carbocycles. The molecule has 41 heavy (non-hydrogen) atoms. The average molecular weight is 575 g/mol. The van der Waals surface area contributed by atoms with Gasteiger partial charge in [0.25, 0.3) is 11.8 Å². The lowest BCUT2D eigenvalue weighted by Gasteiger charge is -2.20. The standard InChI is InChI=1S/C29H30N6O5S/c1-17-8-20-12-30-23-11-26(25(39-4)10-22(23)28(38)35(20)13-17)40-7-5-6-18(2)31-29-33-24(16-41-29)27(37)32-19-9-21(15-36)34(3)14-19/h9-12,14-16,20H,1-2,5-8,13H2,3-4H3,(H,31,33)(H,32,37). The molecule has 2 aromatic heterocycles. The summed E-state index contributed by atoms with van der Waals surface area (Å²) in [4.78, 5) is 47.4. The summed E-state index contributed by atoms with van der Waals surface area (Å²) in [6.45, 7) is 8.98. The van der Waals surface area contributed by atoms with Gasteiger partial charge in [-0.1, -0.05) is 18.7 Å². The summed E-state index contributed by atoms with van der Waals surface area (Å²) in [6, 6.07) is 4.93. The fourth-order valence-electron chi connectivity index (χ4n) is 4.68. The second kappa shape index (κ2) is 11.8. The van der Waals surface area contributed by atoms with Crippen molar-refractivity contribution in [2.75, 3.05) is 30.9 Å². The van der Waals surface area contributed by atoms with Crippen molar-refractivity contribution in [1.82, 2.24) is 14.5 Å². The van der Waals surface area contributed by atoms with Crippen LogP contribution in [0.4, 0.5) is 16.5 Å².